The molecular weight excluding hydrogens is 316 g/mol. The summed E-state index contributed by atoms with van der Waals surface area (Å²) in [7, 11) is 6.30. The van der Waals surface area contributed by atoms with Crippen molar-refractivity contribution in [3.63, 3.8) is 0 Å². The minimum absolute atomic E-state index is 0.0720. The van der Waals surface area contributed by atoms with Gasteiger partial charge in [-0.25, -0.2) is 0 Å². The lowest BCUT2D eigenvalue weighted by molar-refractivity contribution is 0.141. The number of hydrogen-bond donors (Lipinski definition) is 1. The molecule has 0 spiro atoms. The highest BCUT2D eigenvalue weighted by molar-refractivity contribution is 9.10. The number of fused-ring (bicyclic) bond motifs is 1. The van der Waals surface area contributed by atoms with Crippen LogP contribution in [0.2, 0.25) is 0 Å². The van der Waals surface area contributed by atoms with Gasteiger partial charge in [0.25, 0.3) is 0 Å². The first-order valence-corrected chi connectivity index (χ1v) is 7.94. The molecule has 1 N–H and O–H groups in total. The minimum Gasteiger partial charge on any atom is -0.493 e. The minimum atomic E-state index is 0.0720. The van der Waals surface area contributed by atoms with Crippen molar-refractivity contribution in [3.05, 3.63) is 27.7 Å². The third kappa shape index (κ3) is 3.02. The smallest absolute Gasteiger partial charge is 0.125 e. The molecule has 112 valence electrons. The monoisotopic (exact) mass is 340 g/mol. The molecule has 3 nitrogen and oxygen atoms in total. The lowest BCUT2D eigenvalue weighted by Gasteiger charge is -2.40. The van der Waals surface area contributed by atoms with Crippen molar-refractivity contribution in [1.82, 2.24) is 10.2 Å². The summed E-state index contributed by atoms with van der Waals surface area (Å²) >= 11 is 3.62. The zero-order chi connectivity index (χ0) is 14.9. The summed E-state index contributed by atoms with van der Waals surface area (Å²) < 4.78 is 6.99. The SMILES string of the molecule is CNC(Cc1cc(Br)cc2c1OCC2)C(C)(C)N(C)C. The number of nitrogens with zero attached hydrogens (tertiary/aromatic N) is 1. The fraction of sp³-hybridized carbons (Fsp3) is 0.625. The number of hydrogen-bond acceptors (Lipinski definition) is 3. The second-order valence-electron chi connectivity index (χ2n) is 6.25. The highest BCUT2D eigenvalue weighted by atomic mass is 79.9. The van der Waals surface area contributed by atoms with E-state index in [4.69, 9.17) is 4.74 Å². The molecule has 1 heterocycles. The molecule has 0 saturated carbocycles. The lowest BCUT2D eigenvalue weighted by atomic mass is 9.87. The van der Waals surface area contributed by atoms with Gasteiger partial charge in [0.15, 0.2) is 0 Å². The van der Waals surface area contributed by atoms with Crippen LogP contribution >= 0.6 is 15.9 Å². The van der Waals surface area contributed by atoms with Gasteiger partial charge in [-0.15, -0.1) is 0 Å². The summed E-state index contributed by atoms with van der Waals surface area (Å²) in [6.45, 7) is 5.35. The summed E-state index contributed by atoms with van der Waals surface area (Å²) in [6, 6.07) is 4.73. The Labute approximate surface area is 130 Å². The van der Waals surface area contributed by atoms with Gasteiger partial charge in [0.2, 0.25) is 0 Å². The van der Waals surface area contributed by atoms with Gasteiger partial charge >= 0.3 is 0 Å². The number of nitrogens with one attached hydrogen (secondary N) is 1. The molecule has 4 heteroatoms. The Morgan fingerprint density at radius 2 is 2.10 bits per heavy atom. The van der Waals surface area contributed by atoms with Crippen LogP contribution in [0, 0.1) is 0 Å². The average molecular weight is 341 g/mol. The van der Waals surface area contributed by atoms with Gasteiger partial charge in [-0.3, -0.25) is 0 Å². The van der Waals surface area contributed by atoms with E-state index >= 15 is 0 Å². The first-order valence-electron chi connectivity index (χ1n) is 7.15. The van der Waals surface area contributed by atoms with E-state index in [1.165, 1.54) is 11.1 Å². The van der Waals surface area contributed by atoms with Crippen LogP contribution in [0.4, 0.5) is 0 Å². The van der Waals surface area contributed by atoms with E-state index in [9.17, 15) is 0 Å². The quantitative estimate of drug-likeness (QED) is 0.891. The van der Waals surface area contributed by atoms with E-state index in [1.54, 1.807) is 0 Å². The highest BCUT2D eigenvalue weighted by Gasteiger charge is 2.32. The Morgan fingerprint density at radius 1 is 1.40 bits per heavy atom. The Kier molecular flexibility index (Phi) is 4.77. The standard InChI is InChI=1S/C16H25BrN2O/c1-16(2,19(4)5)14(18-3)10-12-9-13(17)8-11-6-7-20-15(11)12/h8-9,14,18H,6-7,10H2,1-5H3. The third-order valence-corrected chi connectivity index (χ3v) is 5.06. The molecule has 1 aromatic carbocycles. The number of ether oxygens (including phenoxy) is 1. The van der Waals surface area contributed by atoms with Crippen LogP contribution in [0.3, 0.4) is 0 Å². The molecule has 1 atom stereocenters. The molecule has 2 rings (SSSR count). The number of halogens is 1. The van der Waals surface area contributed by atoms with Gasteiger partial charge < -0.3 is 15.0 Å². The van der Waals surface area contributed by atoms with Gasteiger partial charge in [0.05, 0.1) is 6.61 Å². The third-order valence-electron chi connectivity index (χ3n) is 4.60. The first kappa shape index (κ1) is 15.8. The highest BCUT2D eigenvalue weighted by Crippen LogP contribution is 2.34. The van der Waals surface area contributed by atoms with E-state index in [-0.39, 0.29) is 5.54 Å². The fourth-order valence-electron chi connectivity index (χ4n) is 2.73. The fourth-order valence-corrected chi connectivity index (χ4v) is 3.29. The van der Waals surface area contributed by atoms with Crippen LogP contribution in [-0.2, 0) is 12.8 Å². The van der Waals surface area contributed by atoms with Crippen molar-refractivity contribution < 1.29 is 4.74 Å². The Hall–Kier alpha value is -0.580. The van der Waals surface area contributed by atoms with Crippen LogP contribution in [0.25, 0.3) is 0 Å². The van der Waals surface area contributed by atoms with Gasteiger partial charge in [0.1, 0.15) is 5.75 Å². The topological polar surface area (TPSA) is 24.5 Å². The van der Waals surface area contributed by atoms with Gasteiger partial charge in [-0.05, 0) is 64.7 Å². The Morgan fingerprint density at radius 3 is 2.70 bits per heavy atom. The van der Waals surface area contributed by atoms with Crippen molar-refractivity contribution in [2.75, 3.05) is 27.7 Å². The molecule has 1 aromatic rings. The maximum atomic E-state index is 5.84. The van der Waals surface area contributed by atoms with Crippen molar-refractivity contribution >= 4 is 15.9 Å². The van der Waals surface area contributed by atoms with E-state index in [2.05, 4.69) is 66.2 Å². The number of likely N-dealkylation sites (N-methyl/N-ethyl adjacent to an activating group) is 2. The van der Waals surface area contributed by atoms with Crippen molar-refractivity contribution in [2.24, 2.45) is 0 Å². The molecule has 1 aliphatic heterocycles. The van der Waals surface area contributed by atoms with Crippen LogP contribution in [0.15, 0.2) is 16.6 Å². The molecule has 0 aliphatic carbocycles. The molecule has 0 fully saturated rings. The molecule has 0 amide bonds. The normalized spacial score (nSPS) is 16.1. The average Bonchev–Trinajstić information content (AvgIpc) is 2.83. The molecular formula is C16H25BrN2O. The largest absolute Gasteiger partial charge is 0.493 e. The van der Waals surface area contributed by atoms with Crippen LogP contribution in [-0.4, -0.2) is 44.2 Å². The first-order chi connectivity index (χ1) is 9.36. The molecule has 0 bridgehead atoms. The zero-order valence-corrected chi connectivity index (χ0v) is 14.7. The molecule has 1 unspecified atom stereocenters. The van der Waals surface area contributed by atoms with Crippen LogP contribution in [0.5, 0.6) is 5.75 Å². The van der Waals surface area contributed by atoms with Crippen molar-refractivity contribution in [3.8, 4) is 5.75 Å². The predicted octanol–water partition coefficient (Wildman–Crippen LogP) is 2.85. The van der Waals surface area contributed by atoms with Crippen molar-refractivity contribution in [1.29, 1.82) is 0 Å². The molecule has 1 aliphatic rings. The molecule has 0 radical (unpaired) electrons. The molecule has 0 aromatic heterocycles. The summed E-state index contributed by atoms with van der Waals surface area (Å²) in [5, 5.41) is 3.47. The summed E-state index contributed by atoms with van der Waals surface area (Å²) in [5.41, 5.74) is 2.69. The predicted molar refractivity (Wildman–Crippen MR) is 87.7 cm³/mol. The van der Waals surface area contributed by atoms with Gasteiger partial charge in [-0.2, -0.15) is 0 Å². The van der Waals surface area contributed by atoms with E-state index in [1.807, 2.05) is 7.05 Å². The summed E-state index contributed by atoms with van der Waals surface area (Å²) in [4.78, 5) is 2.27. The van der Waals surface area contributed by atoms with E-state index in [0.717, 1.165) is 29.7 Å². The summed E-state index contributed by atoms with van der Waals surface area (Å²) in [6.07, 6.45) is 1.98. The zero-order valence-electron chi connectivity index (χ0n) is 13.1. The van der Waals surface area contributed by atoms with E-state index in [0.29, 0.717) is 6.04 Å². The molecule has 0 saturated heterocycles. The molecule has 20 heavy (non-hydrogen) atoms. The maximum Gasteiger partial charge on any atom is 0.125 e. The van der Waals surface area contributed by atoms with Crippen LogP contribution < -0.4 is 10.1 Å². The summed E-state index contributed by atoms with van der Waals surface area (Å²) in [5.74, 6) is 1.10. The second kappa shape index (κ2) is 6.04. The Balaban J connectivity index is 2.29. The number of rotatable bonds is 5. The lowest BCUT2D eigenvalue weighted by Crippen LogP contribution is -2.55. The maximum absolute atomic E-state index is 5.84. The van der Waals surface area contributed by atoms with Gasteiger partial charge in [-0.1, -0.05) is 15.9 Å². The Bertz CT molecular complexity index is 486. The number of benzene rings is 1. The van der Waals surface area contributed by atoms with Gasteiger partial charge in [0, 0.05) is 22.5 Å². The van der Waals surface area contributed by atoms with Crippen LogP contribution in [0.1, 0.15) is 25.0 Å². The second-order valence-corrected chi connectivity index (χ2v) is 7.16. The van der Waals surface area contributed by atoms with Crippen molar-refractivity contribution in [2.45, 2.75) is 38.3 Å². The van der Waals surface area contributed by atoms with E-state index < -0.39 is 0 Å².